The lowest BCUT2D eigenvalue weighted by molar-refractivity contribution is -0.0114. The number of carbonyl (C=O) groups excluding carboxylic acids is 1. The number of carbonyl (C=O) groups is 1. The van der Waals surface area contributed by atoms with Gasteiger partial charge in [-0.15, -0.1) is 0 Å². The molecule has 0 spiro atoms. The van der Waals surface area contributed by atoms with Crippen LogP contribution in [0.1, 0.15) is 43.4 Å². The molecule has 0 radical (unpaired) electrons. The highest BCUT2D eigenvalue weighted by atomic mass is 31.2. The third-order valence-electron chi connectivity index (χ3n) is 6.01. The Hall–Kier alpha value is -2.18. The van der Waals surface area contributed by atoms with Crippen molar-refractivity contribution in [2.24, 2.45) is 0 Å². The molecule has 1 amide bonds. The molecule has 174 valence electrons. The smallest absolute Gasteiger partial charge is 0.410 e. The lowest BCUT2D eigenvalue weighted by Crippen LogP contribution is -2.57. The predicted octanol–water partition coefficient (Wildman–Crippen LogP) is 5.15. The average molecular weight is 461 g/mol. The standard InChI is InChI=1S/C24H32NO6P/c1-4-11-20-23(32(28,29-2)30-3)22(26)16-21(19-14-9-6-10-15-19)25(20)24(27)31-17-18-12-7-5-8-13-18/h5-10,12-15,20-23,26H,4,11,16-17H2,1-3H3/t20-,21+,22?,23?/m0/s1. The van der Waals surface area contributed by atoms with Gasteiger partial charge in [0, 0.05) is 14.2 Å². The van der Waals surface area contributed by atoms with E-state index < -0.39 is 37.5 Å². The fraction of sp³-hybridized carbons (Fsp3) is 0.458. The maximum absolute atomic E-state index is 13.4. The third-order valence-corrected chi connectivity index (χ3v) is 8.44. The van der Waals surface area contributed by atoms with Crippen LogP contribution in [-0.2, 0) is 25.0 Å². The molecule has 32 heavy (non-hydrogen) atoms. The van der Waals surface area contributed by atoms with Gasteiger partial charge in [0.2, 0.25) is 0 Å². The summed E-state index contributed by atoms with van der Waals surface area (Å²) in [6.45, 7) is 2.10. The quantitative estimate of drug-likeness (QED) is 0.547. The first-order chi connectivity index (χ1) is 15.4. The monoisotopic (exact) mass is 461 g/mol. The highest BCUT2D eigenvalue weighted by Gasteiger charge is 2.54. The molecule has 2 aromatic carbocycles. The van der Waals surface area contributed by atoms with Gasteiger partial charge in [-0.3, -0.25) is 9.46 Å². The Morgan fingerprint density at radius 3 is 2.22 bits per heavy atom. The van der Waals surface area contributed by atoms with Crippen molar-refractivity contribution in [2.45, 2.75) is 56.6 Å². The Morgan fingerprint density at radius 2 is 1.66 bits per heavy atom. The van der Waals surface area contributed by atoms with Gasteiger partial charge in [-0.1, -0.05) is 74.0 Å². The summed E-state index contributed by atoms with van der Waals surface area (Å²) >= 11 is 0. The van der Waals surface area contributed by atoms with Crippen molar-refractivity contribution in [3.8, 4) is 0 Å². The summed E-state index contributed by atoms with van der Waals surface area (Å²) in [6.07, 6.45) is -0.0584. The van der Waals surface area contributed by atoms with Gasteiger partial charge in [0.1, 0.15) is 12.3 Å². The van der Waals surface area contributed by atoms with Crippen LogP contribution in [0.5, 0.6) is 0 Å². The molecule has 4 atom stereocenters. The number of aliphatic hydroxyl groups is 1. The van der Waals surface area contributed by atoms with E-state index in [0.717, 1.165) is 11.1 Å². The normalized spacial score (nSPS) is 23.7. The number of likely N-dealkylation sites (tertiary alicyclic amines) is 1. The minimum atomic E-state index is -3.67. The van der Waals surface area contributed by atoms with E-state index in [1.807, 2.05) is 67.6 Å². The average Bonchev–Trinajstić information content (AvgIpc) is 2.83. The van der Waals surface area contributed by atoms with E-state index in [0.29, 0.717) is 12.8 Å². The highest BCUT2D eigenvalue weighted by molar-refractivity contribution is 7.54. The highest BCUT2D eigenvalue weighted by Crippen LogP contribution is 2.58. The number of ether oxygens (including phenoxy) is 1. The number of aliphatic hydroxyl groups excluding tert-OH is 1. The van der Waals surface area contributed by atoms with Crippen LogP contribution in [0, 0.1) is 0 Å². The van der Waals surface area contributed by atoms with Gasteiger partial charge in [-0.05, 0) is 24.0 Å². The van der Waals surface area contributed by atoms with Gasteiger partial charge in [-0.2, -0.15) is 0 Å². The number of benzene rings is 2. The fourth-order valence-corrected chi connectivity index (χ4v) is 6.40. The van der Waals surface area contributed by atoms with E-state index in [9.17, 15) is 14.5 Å². The van der Waals surface area contributed by atoms with Crippen molar-refractivity contribution in [3.63, 3.8) is 0 Å². The number of piperidine rings is 1. The summed E-state index contributed by atoms with van der Waals surface area (Å²) in [5.41, 5.74) is 0.881. The molecule has 3 rings (SSSR count). The van der Waals surface area contributed by atoms with E-state index in [4.69, 9.17) is 13.8 Å². The number of rotatable bonds is 8. The van der Waals surface area contributed by atoms with Crippen molar-refractivity contribution in [2.75, 3.05) is 14.2 Å². The molecule has 0 aliphatic carbocycles. The Balaban J connectivity index is 1.99. The van der Waals surface area contributed by atoms with Crippen LogP contribution in [0.2, 0.25) is 0 Å². The van der Waals surface area contributed by atoms with Crippen molar-refractivity contribution in [3.05, 3.63) is 71.8 Å². The van der Waals surface area contributed by atoms with Gasteiger partial charge >= 0.3 is 13.7 Å². The summed E-state index contributed by atoms with van der Waals surface area (Å²) in [4.78, 5) is 15.1. The van der Waals surface area contributed by atoms with E-state index in [-0.39, 0.29) is 13.0 Å². The first-order valence-electron chi connectivity index (χ1n) is 10.9. The Kier molecular flexibility index (Phi) is 8.49. The summed E-state index contributed by atoms with van der Waals surface area (Å²) in [5.74, 6) is 0. The molecule has 1 saturated heterocycles. The lowest BCUT2D eigenvalue weighted by atomic mass is 9.87. The van der Waals surface area contributed by atoms with Gasteiger partial charge in [-0.25, -0.2) is 4.79 Å². The fourth-order valence-electron chi connectivity index (χ4n) is 4.51. The first-order valence-corrected chi connectivity index (χ1v) is 12.5. The molecular formula is C24H32NO6P. The van der Waals surface area contributed by atoms with Crippen LogP contribution in [0.3, 0.4) is 0 Å². The van der Waals surface area contributed by atoms with Crippen molar-refractivity contribution < 1.29 is 28.3 Å². The number of nitrogens with zero attached hydrogens (tertiary/aromatic N) is 1. The summed E-state index contributed by atoms with van der Waals surface area (Å²) in [7, 11) is -1.06. The van der Waals surface area contributed by atoms with E-state index in [1.165, 1.54) is 14.2 Å². The van der Waals surface area contributed by atoms with Crippen molar-refractivity contribution in [1.82, 2.24) is 4.90 Å². The van der Waals surface area contributed by atoms with E-state index in [2.05, 4.69) is 0 Å². The molecular weight excluding hydrogens is 429 g/mol. The minimum absolute atomic E-state index is 0.121. The molecule has 0 bridgehead atoms. The zero-order chi connectivity index (χ0) is 23.1. The van der Waals surface area contributed by atoms with Gasteiger partial charge in [0.25, 0.3) is 0 Å². The van der Waals surface area contributed by atoms with Crippen LogP contribution >= 0.6 is 7.60 Å². The lowest BCUT2D eigenvalue weighted by Gasteiger charge is -2.49. The van der Waals surface area contributed by atoms with Gasteiger partial charge < -0.3 is 18.9 Å². The molecule has 7 nitrogen and oxygen atoms in total. The Morgan fingerprint density at radius 1 is 1.06 bits per heavy atom. The second-order valence-electron chi connectivity index (χ2n) is 7.93. The Bertz CT molecular complexity index is 901. The maximum atomic E-state index is 13.4. The topological polar surface area (TPSA) is 85.3 Å². The number of hydrogen-bond donors (Lipinski definition) is 1. The summed E-state index contributed by atoms with van der Waals surface area (Å²) in [5, 5.41) is 11.1. The molecule has 1 heterocycles. The van der Waals surface area contributed by atoms with Crippen LogP contribution in [0.25, 0.3) is 0 Å². The first kappa shape index (κ1) is 24.5. The molecule has 0 saturated carbocycles. The van der Waals surface area contributed by atoms with Gasteiger partial charge in [0.15, 0.2) is 0 Å². The van der Waals surface area contributed by atoms with E-state index in [1.54, 1.807) is 4.90 Å². The minimum Gasteiger partial charge on any atom is -0.445 e. The molecule has 2 aromatic rings. The molecule has 1 N–H and O–H groups in total. The van der Waals surface area contributed by atoms with Crippen molar-refractivity contribution >= 4 is 13.7 Å². The molecule has 1 aliphatic heterocycles. The second-order valence-corrected chi connectivity index (χ2v) is 10.3. The van der Waals surface area contributed by atoms with Crippen LogP contribution < -0.4 is 0 Å². The summed E-state index contributed by atoms with van der Waals surface area (Å²) < 4.78 is 29.6. The zero-order valence-electron chi connectivity index (χ0n) is 18.8. The largest absolute Gasteiger partial charge is 0.445 e. The molecule has 1 fully saturated rings. The molecule has 2 unspecified atom stereocenters. The van der Waals surface area contributed by atoms with Crippen LogP contribution in [0.4, 0.5) is 4.79 Å². The molecule has 8 heteroatoms. The SMILES string of the molecule is CCC[C@H]1C(P(=O)(OC)OC)C(O)C[C@H](c2ccccc2)N1C(=O)OCc1ccccc1. The predicted molar refractivity (Wildman–Crippen MR) is 122 cm³/mol. The molecule has 1 aliphatic rings. The number of hydrogen-bond acceptors (Lipinski definition) is 6. The van der Waals surface area contributed by atoms with Crippen LogP contribution in [0.15, 0.2) is 60.7 Å². The van der Waals surface area contributed by atoms with E-state index >= 15 is 0 Å². The van der Waals surface area contributed by atoms with Crippen LogP contribution in [-0.4, -0.2) is 48.1 Å². The zero-order valence-corrected chi connectivity index (χ0v) is 19.7. The number of amides is 1. The Labute approximate surface area is 189 Å². The molecule has 0 aromatic heterocycles. The summed E-state index contributed by atoms with van der Waals surface area (Å²) in [6, 6.07) is 18.0. The maximum Gasteiger partial charge on any atom is 0.410 e. The van der Waals surface area contributed by atoms with Crippen molar-refractivity contribution in [1.29, 1.82) is 0 Å². The third kappa shape index (κ3) is 5.24. The van der Waals surface area contributed by atoms with Gasteiger partial charge in [0.05, 0.1) is 18.2 Å². The second kappa shape index (κ2) is 11.1.